The molecule has 0 bridgehead atoms. The van der Waals surface area contributed by atoms with E-state index >= 15 is 0 Å². The van der Waals surface area contributed by atoms with Crippen LogP contribution in [0.25, 0.3) is 11.1 Å². The average Bonchev–Trinajstić information content (AvgIpc) is 2.88. The fourth-order valence-corrected chi connectivity index (χ4v) is 4.58. The fourth-order valence-electron chi connectivity index (χ4n) is 4.47. The van der Waals surface area contributed by atoms with Gasteiger partial charge in [-0.05, 0) is 80.1 Å². The van der Waals surface area contributed by atoms with Crippen molar-refractivity contribution in [1.82, 2.24) is 5.32 Å². The summed E-state index contributed by atoms with van der Waals surface area (Å²) in [6.07, 6.45) is -0.599. The molecule has 0 unspecified atom stereocenters. The highest BCUT2D eigenvalue weighted by atomic mass is 35.5. The summed E-state index contributed by atoms with van der Waals surface area (Å²) < 4.78 is 24.9. The number of hydrogen-bond donors (Lipinski definition) is 2. The zero-order valence-corrected chi connectivity index (χ0v) is 22.7. The molecule has 0 heterocycles. The van der Waals surface area contributed by atoms with E-state index in [0.717, 1.165) is 27.8 Å². The Hall–Kier alpha value is -2.77. The van der Waals surface area contributed by atoms with Gasteiger partial charge in [-0.25, -0.2) is 9.18 Å². The molecule has 198 valence electrons. The minimum Gasteiger partial charge on any atom is -0.465 e. The second kappa shape index (κ2) is 12.7. The van der Waals surface area contributed by atoms with Gasteiger partial charge < -0.3 is 19.9 Å². The number of aliphatic hydroxyl groups excluding tert-OH is 1. The maximum Gasteiger partial charge on any atom is 0.338 e. The number of benzene rings is 3. The molecule has 0 aliphatic rings. The predicted octanol–water partition coefficient (Wildman–Crippen LogP) is 6.29. The molecule has 7 heteroatoms. The molecule has 0 amide bonds. The highest BCUT2D eigenvalue weighted by molar-refractivity contribution is 6.30. The first-order chi connectivity index (χ1) is 17.5. The van der Waals surface area contributed by atoms with Crippen LogP contribution in [0, 0.1) is 12.7 Å². The molecule has 0 saturated carbocycles. The van der Waals surface area contributed by atoms with E-state index in [0.29, 0.717) is 18.5 Å². The van der Waals surface area contributed by atoms with Crippen molar-refractivity contribution in [3.8, 4) is 11.1 Å². The van der Waals surface area contributed by atoms with Gasteiger partial charge in [0.25, 0.3) is 0 Å². The van der Waals surface area contributed by atoms with E-state index in [1.54, 1.807) is 18.2 Å². The highest BCUT2D eigenvalue weighted by Crippen LogP contribution is 2.34. The van der Waals surface area contributed by atoms with Gasteiger partial charge in [0.1, 0.15) is 5.82 Å². The van der Waals surface area contributed by atoms with Crippen LogP contribution < -0.4 is 5.32 Å². The van der Waals surface area contributed by atoms with Crippen LogP contribution in [0.3, 0.4) is 0 Å². The number of β-amino-alcohol motifs (C(OH)–C–C–N with tert-alkyl or cyclic N) is 1. The zero-order chi connectivity index (χ0) is 27.2. The number of methoxy groups -OCH3 is 1. The molecule has 2 N–H and O–H groups in total. The van der Waals surface area contributed by atoms with Gasteiger partial charge in [-0.3, -0.25) is 0 Å². The van der Waals surface area contributed by atoms with Crippen molar-refractivity contribution in [3.05, 3.63) is 93.8 Å². The van der Waals surface area contributed by atoms with E-state index in [2.05, 4.69) is 5.32 Å². The molecule has 3 aromatic carbocycles. The Morgan fingerprint density at radius 3 is 2.49 bits per heavy atom. The van der Waals surface area contributed by atoms with E-state index in [9.17, 15) is 14.3 Å². The lowest BCUT2D eigenvalue weighted by molar-refractivity contribution is -0.00423. The molecule has 37 heavy (non-hydrogen) atoms. The summed E-state index contributed by atoms with van der Waals surface area (Å²) in [5.41, 5.74) is 4.53. The number of aliphatic hydroxyl groups is 1. The van der Waals surface area contributed by atoms with Crippen molar-refractivity contribution in [2.24, 2.45) is 0 Å². The van der Waals surface area contributed by atoms with Crippen molar-refractivity contribution < 1.29 is 23.8 Å². The van der Waals surface area contributed by atoms with Crippen LogP contribution in [-0.2, 0) is 15.9 Å². The second-order valence-electron chi connectivity index (χ2n) is 9.88. The third-order valence-electron chi connectivity index (χ3n) is 6.40. The number of carbonyl (C=O) groups is 1. The van der Waals surface area contributed by atoms with Crippen LogP contribution in [0.2, 0.25) is 5.02 Å². The van der Waals surface area contributed by atoms with E-state index in [4.69, 9.17) is 21.1 Å². The first-order valence-corrected chi connectivity index (χ1v) is 12.7. The summed E-state index contributed by atoms with van der Waals surface area (Å²) in [5, 5.41) is 14.1. The van der Waals surface area contributed by atoms with Crippen LogP contribution in [-0.4, -0.2) is 43.0 Å². The maximum atomic E-state index is 13.8. The van der Waals surface area contributed by atoms with Gasteiger partial charge in [-0.2, -0.15) is 0 Å². The highest BCUT2D eigenvalue weighted by Gasteiger charge is 2.23. The molecule has 0 aliphatic carbocycles. The van der Waals surface area contributed by atoms with Crippen molar-refractivity contribution in [1.29, 1.82) is 0 Å². The molecule has 0 fully saturated rings. The molecule has 3 rings (SSSR count). The molecule has 0 aliphatic heterocycles. The van der Waals surface area contributed by atoms with Crippen LogP contribution in [0.1, 0.15) is 53.9 Å². The molecular weight excluding hydrogens is 493 g/mol. The molecule has 5 nitrogen and oxygen atoms in total. The van der Waals surface area contributed by atoms with Gasteiger partial charge >= 0.3 is 5.97 Å². The van der Waals surface area contributed by atoms with Crippen molar-refractivity contribution in [3.63, 3.8) is 0 Å². The van der Waals surface area contributed by atoms with Gasteiger partial charge in [0.2, 0.25) is 0 Å². The number of ether oxygens (including phenoxy) is 2. The van der Waals surface area contributed by atoms with Crippen LogP contribution >= 0.6 is 11.6 Å². The van der Waals surface area contributed by atoms with Crippen LogP contribution in [0.4, 0.5) is 4.39 Å². The number of carbonyl (C=O) groups excluding carboxylic acids is 1. The zero-order valence-electron chi connectivity index (χ0n) is 22.0. The largest absolute Gasteiger partial charge is 0.465 e. The summed E-state index contributed by atoms with van der Waals surface area (Å²) in [6.45, 7) is 8.16. The normalized spacial score (nSPS) is 13.3. The van der Waals surface area contributed by atoms with Gasteiger partial charge in [-0.15, -0.1) is 0 Å². The number of hydrogen-bond acceptors (Lipinski definition) is 5. The van der Waals surface area contributed by atoms with Crippen LogP contribution in [0.15, 0.2) is 60.7 Å². The summed E-state index contributed by atoms with van der Waals surface area (Å²) in [4.78, 5) is 12.3. The first-order valence-electron chi connectivity index (χ1n) is 12.3. The smallest absolute Gasteiger partial charge is 0.338 e. The molecule has 3 aromatic rings. The van der Waals surface area contributed by atoms with Gasteiger partial charge in [-0.1, -0.05) is 54.1 Å². The molecule has 0 spiro atoms. The molecule has 0 saturated heterocycles. The molecule has 2 atom stereocenters. The SMILES string of the molecule is COC(=O)c1ccc(-c2ccccc2)c([C@@H](C)OC[C@H](O)CNC(C)(C)Cc2ccc(Cl)c(F)c2)c1C. The standard InChI is InChI=1S/C30H35ClFNO4/c1-19-24(29(35)36-5)12-13-25(22-9-7-6-8-10-22)28(19)20(2)37-18-23(34)17-33-30(3,4)16-21-11-14-26(31)27(32)15-21/h6-15,20,23,33-34H,16-18H2,1-5H3/t20-,23-/m1/s1. The minimum atomic E-state index is -0.770. The Kier molecular flexibility index (Phi) is 9.85. The van der Waals surface area contributed by atoms with Gasteiger partial charge in [0, 0.05) is 12.1 Å². The predicted molar refractivity (Wildman–Crippen MR) is 146 cm³/mol. The summed E-state index contributed by atoms with van der Waals surface area (Å²) >= 11 is 5.78. The maximum absolute atomic E-state index is 13.8. The van der Waals surface area contributed by atoms with E-state index in [1.807, 2.05) is 64.1 Å². The Morgan fingerprint density at radius 1 is 1.14 bits per heavy atom. The Morgan fingerprint density at radius 2 is 1.84 bits per heavy atom. The number of halogens is 2. The molecule has 0 aromatic heterocycles. The second-order valence-corrected chi connectivity index (χ2v) is 10.3. The van der Waals surface area contributed by atoms with Crippen molar-refractivity contribution >= 4 is 17.6 Å². The average molecular weight is 528 g/mol. The lowest BCUT2D eigenvalue weighted by Crippen LogP contribution is -2.46. The minimum absolute atomic E-state index is 0.0932. The van der Waals surface area contributed by atoms with Crippen molar-refractivity contribution in [2.45, 2.75) is 51.9 Å². The van der Waals surface area contributed by atoms with Gasteiger partial charge in [0.15, 0.2) is 0 Å². The summed E-state index contributed by atoms with van der Waals surface area (Å²) in [5.74, 6) is -0.851. The van der Waals surface area contributed by atoms with E-state index in [-0.39, 0.29) is 17.7 Å². The number of nitrogens with one attached hydrogen (secondary N) is 1. The molecule has 0 radical (unpaired) electrons. The quantitative estimate of drug-likeness (QED) is 0.287. The van der Waals surface area contributed by atoms with Crippen molar-refractivity contribution in [2.75, 3.05) is 20.3 Å². The lowest BCUT2D eigenvalue weighted by atomic mass is 9.90. The number of esters is 1. The summed E-state index contributed by atoms with van der Waals surface area (Å²) in [6, 6.07) is 18.4. The number of rotatable bonds is 11. The third kappa shape index (κ3) is 7.62. The van der Waals surface area contributed by atoms with E-state index < -0.39 is 23.4 Å². The van der Waals surface area contributed by atoms with Gasteiger partial charge in [0.05, 0.1) is 36.5 Å². The summed E-state index contributed by atoms with van der Waals surface area (Å²) in [7, 11) is 1.36. The topological polar surface area (TPSA) is 67.8 Å². The Balaban J connectivity index is 1.68. The third-order valence-corrected chi connectivity index (χ3v) is 6.70. The van der Waals surface area contributed by atoms with E-state index in [1.165, 1.54) is 13.2 Å². The molecular formula is C30H35ClFNO4. The Labute approximate surface area is 223 Å². The fraction of sp³-hybridized carbons (Fsp3) is 0.367. The first kappa shape index (κ1) is 28.8. The monoisotopic (exact) mass is 527 g/mol. The Bertz CT molecular complexity index is 1220. The van der Waals surface area contributed by atoms with Crippen LogP contribution in [0.5, 0.6) is 0 Å². The lowest BCUT2D eigenvalue weighted by Gasteiger charge is -2.29.